The van der Waals surface area contributed by atoms with Gasteiger partial charge in [-0.2, -0.15) is 5.10 Å². The molecule has 2 nitrogen and oxygen atoms in total. The van der Waals surface area contributed by atoms with E-state index in [2.05, 4.69) is 61.2 Å². The van der Waals surface area contributed by atoms with E-state index in [0.29, 0.717) is 0 Å². The van der Waals surface area contributed by atoms with Crippen LogP contribution in [0.15, 0.2) is 96.6 Å². The van der Waals surface area contributed by atoms with Crippen LogP contribution in [0.3, 0.4) is 0 Å². The van der Waals surface area contributed by atoms with Gasteiger partial charge in [-0.25, -0.2) is 5.01 Å². The molecule has 0 unspecified atom stereocenters. The predicted molar refractivity (Wildman–Crippen MR) is 116 cm³/mol. The van der Waals surface area contributed by atoms with Crippen LogP contribution in [-0.2, 0) is 12.8 Å². The number of anilines is 2. The van der Waals surface area contributed by atoms with Crippen molar-refractivity contribution in [2.24, 2.45) is 5.10 Å². The molecule has 4 rings (SSSR count). The Morgan fingerprint density at radius 3 is 2.19 bits per heavy atom. The number of allylic oxidation sites excluding steroid dienone is 2. The fourth-order valence-electron chi connectivity index (χ4n) is 3.25. The van der Waals surface area contributed by atoms with E-state index in [0.717, 1.165) is 35.3 Å². The molecule has 0 atom stereocenters. The number of hydrazone groups is 1. The third kappa shape index (κ3) is 3.90. The Bertz CT molecular complexity index is 983. The van der Waals surface area contributed by atoms with Gasteiger partial charge in [-0.15, -0.1) is 0 Å². The van der Waals surface area contributed by atoms with Crippen LogP contribution >= 0.6 is 0 Å². The largest absolute Gasteiger partial charge is 0.234 e. The Morgan fingerprint density at radius 2 is 1.44 bits per heavy atom. The van der Waals surface area contributed by atoms with E-state index in [-0.39, 0.29) is 0 Å². The van der Waals surface area contributed by atoms with Crippen molar-refractivity contribution >= 4 is 23.7 Å². The van der Waals surface area contributed by atoms with E-state index in [1.165, 1.54) is 11.1 Å². The first kappa shape index (κ1) is 17.0. The number of benzene rings is 3. The minimum Gasteiger partial charge on any atom is -0.234 e. The number of hydrogen-bond donors (Lipinski definition) is 0. The second-order valence-corrected chi connectivity index (χ2v) is 6.60. The lowest BCUT2D eigenvalue weighted by Gasteiger charge is -2.21. The highest BCUT2D eigenvalue weighted by Crippen LogP contribution is 2.29. The van der Waals surface area contributed by atoms with Gasteiger partial charge in [0.1, 0.15) is 0 Å². The third-order valence-electron chi connectivity index (χ3n) is 4.77. The molecule has 0 N–H and O–H groups in total. The van der Waals surface area contributed by atoms with Crippen LogP contribution < -0.4 is 5.01 Å². The normalized spacial score (nSPS) is 12.7. The predicted octanol–water partition coefficient (Wildman–Crippen LogP) is 6.16. The quantitative estimate of drug-likeness (QED) is 0.306. The maximum absolute atomic E-state index is 4.80. The zero-order valence-electron chi connectivity index (χ0n) is 15.3. The maximum Gasteiger partial charge on any atom is 0.0655 e. The zero-order valence-corrected chi connectivity index (χ0v) is 15.3. The minimum absolute atomic E-state index is 0.985. The molecule has 0 saturated carbocycles. The topological polar surface area (TPSA) is 15.6 Å². The molecule has 0 aliphatic heterocycles. The highest BCUT2D eigenvalue weighted by atomic mass is 15.5. The van der Waals surface area contributed by atoms with Crippen LogP contribution in [-0.4, -0.2) is 6.21 Å². The molecule has 0 bridgehead atoms. The van der Waals surface area contributed by atoms with Gasteiger partial charge in [0.15, 0.2) is 0 Å². The molecule has 3 aromatic rings. The van der Waals surface area contributed by atoms with Crippen LogP contribution in [0.4, 0.5) is 11.4 Å². The molecule has 27 heavy (non-hydrogen) atoms. The monoisotopic (exact) mass is 350 g/mol. The van der Waals surface area contributed by atoms with Crippen LogP contribution in [0.5, 0.6) is 0 Å². The number of hydrogen-bond acceptors (Lipinski definition) is 2. The molecule has 0 fully saturated rings. The smallest absolute Gasteiger partial charge is 0.0655 e. The number of fused-ring (bicyclic) bond motifs is 1. The van der Waals surface area contributed by atoms with E-state index in [4.69, 9.17) is 5.10 Å². The Kier molecular flexibility index (Phi) is 4.97. The van der Waals surface area contributed by atoms with Gasteiger partial charge in [-0.05, 0) is 59.4 Å². The average molecular weight is 350 g/mol. The number of para-hydroxylation sites is 1. The van der Waals surface area contributed by atoms with E-state index in [1.807, 2.05) is 47.6 Å². The van der Waals surface area contributed by atoms with Crippen LogP contribution in [0, 0.1) is 0 Å². The van der Waals surface area contributed by atoms with Gasteiger partial charge in [0.25, 0.3) is 0 Å². The molecule has 3 aromatic carbocycles. The van der Waals surface area contributed by atoms with E-state index in [1.54, 1.807) is 0 Å². The van der Waals surface area contributed by atoms with Crippen molar-refractivity contribution in [2.75, 3.05) is 5.01 Å². The first-order valence-corrected chi connectivity index (χ1v) is 9.22. The lowest BCUT2D eigenvalue weighted by Crippen LogP contribution is -2.10. The second kappa shape index (κ2) is 7.88. The molecule has 0 saturated heterocycles. The highest BCUT2D eigenvalue weighted by molar-refractivity contribution is 5.82. The van der Waals surface area contributed by atoms with Gasteiger partial charge in [0.2, 0.25) is 0 Å². The first-order valence-electron chi connectivity index (χ1n) is 9.22. The standard InChI is InChI=1S/C25H22N2/c1-2-20-12-14-21(15-13-20)19-26-27(24-10-4-3-5-11-24)25-17-16-22-8-6-7-9-23(22)18-25/h2-7,10-19H,1,8-9H2. The highest BCUT2D eigenvalue weighted by Gasteiger charge is 2.11. The Balaban J connectivity index is 1.69. The molecule has 0 aromatic heterocycles. The first-order chi connectivity index (χ1) is 13.3. The van der Waals surface area contributed by atoms with Gasteiger partial charge in [0, 0.05) is 0 Å². The van der Waals surface area contributed by atoms with Gasteiger partial charge in [0.05, 0.1) is 17.6 Å². The fourth-order valence-corrected chi connectivity index (χ4v) is 3.25. The summed E-state index contributed by atoms with van der Waals surface area (Å²) in [5.74, 6) is 0. The van der Waals surface area contributed by atoms with Crippen molar-refractivity contribution in [3.63, 3.8) is 0 Å². The summed E-state index contributed by atoms with van der Waals surface area (Å²) in [7, 11) is 0. The van der Waals surface area contributed by atoms with Gasteiger partial charge in [-0.1, -0.05) is 73.3 Å². The fraction of sp³-hybridized carbons (Fsp3) is 0.0800. The lowest BCUT2D eigenvalue weighted by molar-refractivity contribution is 1.05. The summed E-state index contributed by atoms with van der Waals surface area (Å²) < 4.78 is 0. The van der Waals surface area contributed by atoms with Crippen LogP contribution in [0.1, 0.15) is 22.3 Å². The zero-order chi connectivity index (χ0) is 18.5. The summed E-state index contributed by atoms with van der Waals surface area (Å²) in [6.07, 6.45) is 10.2. The van der Waals surface area contributed by atoms with E-state index >= 15 is 0 Å². The molecule has 2 heteroatoms. The van der Waals surface area contributed by atoms with Gasteiger partial charge < -0.3 is 0 Å². The average Bonchev–Trinajstić information content (AvgIpc) is 2.75. The molecule has 0 heterocycles. The van der Waals surface area contributed by atoms with Crippen LogP contribution in [0.2, 0.25) is 0 Å². The summed E-state index contributed by atoms with van der Waals surface area (Å²) in [5, 5.41) is 6.80. The molecule has 0 spiro atoms. The summed E-state index contributed by atoms with van der Waals surface area (Å²) in [5.41, 5.74) is 7.06. The molecule has 132 valence electrons. The summed E-state index contributed by atoms with van der Waals surface area (Å²) >= 11 is 0. The lowest BCUT2D eigenvalue weighted by atomic mass is 9.96. The summed E-state index contributed by atoms with van der Waals surface area (Å²) in [6.45, 7) is 3.80. The van der Waals surface area contributed by atoms with Crippen molar-refractivity contribution in [1.82, 2.24) is 0 Å². The Labute approximate surface area is 160 Å². The van der Waals surface area contributed by atoms with Crippen molar-refractivity contribution in [2.45, 2.75) is 12.8 Å². The molecular weight excluding hydrogens is 328 g/mol. The van der Waals surface area contributed by atoms with Crippen molar-refractivity contribution in [3.8, 4) is 0 Å². The summed E-state index contributed by atoms with van der Waals surface area (Å²) in [4.78, 5) is 0. The Morgan fingerprint density at radius 1 is 0.741 bits per heavy atom. The maximum atomic E-state index is 4.80. The van der Waals surface area contributed by atoms with Gasteiger partial charge in [-0.3, -0.25) is 0 Å². The van der Waals surface area contributed by atoms with E-state index < -0.39 is 0 Å². The number of nitrogens with zero attached hydrogens (tertiary/aromatic N) is 2. The van der Waals surface area contributed by atoms with Gasteiger partial charge >= 0.3 is 0 Å². The molecule has 1 aliphatic carbocycles. The summed E-state index contributed by atoms with van der Waals surface area (Å²) in [6, 6.07) is 25.1. The SMILES string of the molecule is C=Cc1ccc(C=NN(c2ccccc2)c2ccc3c(c2)CC=CC3)cc1. The molecule has 0 radical (unpaired) electrons. The number of rotatable bonds is 5. The molecular formula is C25H22N2. The van der Waals surface area contributed by atoms with Crippen LogP contribution in [0.25, 0.3) is 6.08 Å². The minimum atomic E-state index is 0.985. The second-order valence-electron chi connectivity index (χ2n) is 6.60. The molecule has 1 aliphatic rings. The van der Waals surface area contributed by atoms with Crippen molar-refractivity contribution in [1.29, 1.82) is 0 Å². The van der Waals surface area contributed by atoms with E-state index in [9.17, 15) is 0 Å². The Hall–Kier alpha value is -3.39. The van der Waals surface area contributed by atoms with Crippen molar-refractivity contribution in [3.05, 3.63) is 114 Å². The van der Waals surface area contributed by atoms with Crippen molar-refractivity contribution < 1.29 is 0 Å². The third-order valence-corrected chi connectivity index (χ3v) is 4.77. The molecule has 0 amide bonds.